The molecule has 1 heteroatoms. The SMILES string of the molecule is CCc1ccccc1C(c1ccc(F)cc1)C(C)C. The molecule has 1 unspecified atom stereocenters. The first-order valence-corrected chi connectivity index (χ1v) is 6.96. The largest absolute Gasteiger partial charge is 0.207 e. The van der Waals surface area contributed by atoms with E-state index in [0.717, 1.165) is 6.42 Å². The molecule has 0 saturated heterocycles. The molecule has 0 nitrogen and oxygen atoms in total. The fourth-order valence-corrected chi connectivity index (χ4v) is 2.75. The predicted molar refractivity (Wildman–Crippen MR) is 78.9 cm³/mol. The fraction of sp³-hybridized carbons (Fsp3) is 0.333. The first kappa shape index (κ1) is 13.8. The second-order valence-corrected chi connectivity index (χ2v) is 5.33. The smallest absolute Gasteiger partial charge is 0.123 e. The van der Waals surface area contributed by atoms with Gasteiger partial charge in [0.1, 0.15) is 5.82 Å². The van der Waals surface area contributed by atoms with Gasteiger partial charge in [-0.15, -0.1) is 0 Å². The Morgan fingerprint density at radius 1 is 0.947 bits per heavy atom. The van der Waals surface area contributed by atoms with Gasteiger partial charge in [-0.25, -0.2) is 4.39 Å². The number of hydrogen-bond acceptors (Lipinski definition) is 0. The average Bonchev–Trinajstić information content (AvgIpc) is 2.41. The molecule has 0 heterocycles. The van der Waals surface area contributed by atoms with Gasteiger partial charge in [0.2, 0.25) is 0 Å². The number of aryl methyl sites for hydroxylation is 1. The van der Waals surface area contributed by atoms with Crippen LogP contribution >= 0.6 is 0 Å². The molecule has 0 spiro atoms. The molecule has 0 aliphatic heterocycles. The Kier molecular flexibility index (Phi) is 4.36. The molecule has 0 bridgehead atoms. The summed E-state index contributed by atoms with van der Waals surface area (Å²) in [7, 11) is 0. The second-order valence-electron chi connectivity index (χ2n) is 5.33. The normalized spacial score (nSPS) is 12.7. The first-order chi connectivity index (χ1) is 9.13. The van der Waals surface area contributed by atoms with E-state index in [2.05, 4.69) is 45.0 Å². The quantitative estimate of drug-likeness (QED) is 0.707. The summed E-state index contributed by atoms with van der Waals surface area (Å²) >= 11 is 0. The highest BCUT2D eigenvalue weighted by molar-refractivity contribution is 5.38. The van der Waals surface area contributed by atoms with Crippen molar-refractivity contribution in [1.29, 1.82) is 0 Å². The van der Waals surface area contributed by atoms with Gasteiger partial charge in [-0.3, -0.25) is 0 Å². The molecule has 0 amide bonds. The lowest BCUT2D eigenvalue weighted by molar-refractivity contribution is 0.557. The van der Waals surface area contributed by atoms with Gasteiger partial charge < -0.3 is 0 Å². The lowest BCUT2D eigenvalue weighted by Gasteiger charge is -2.24. The second kappa shape index (κ2) is 6.01. The van der Waals surface area contributed by atoms with Crippen molar-refractivity contribution in [2.75, 3.05) is 0 Å². The van der Waals surface area contributed by atoms with Crippen LogP contribution in [-0.4, -0.2) is 0 Å². The van der Waals surface area contributed by atoms with Gasteiger partial charge >= 0.3 is 0 Å². The van der Waals surface area contributed by atoms with Crippen molar-refractivity contribution in [2.24, 2.45) is 5.92 Å². The van der Waals surface area contributed by atoms with E-state index in [1.165, 1.54) is 16.7 Å². The van der Waals surface area contributed by atoms with Gasteiger partial charge in [-0.2, -0.15) is 0 Å². The third-order valence-electron chi connectivity index (χ3n) is 3.67. The minimum atomic E-state index is -0.171. The van der Waals surface area contributed by atoms with Crippen molar-refractivity contribution < 1.29 is 4.39 Å². The van der Waals surface area contributed by atoms with E-state index in [1.807, 2.05) is 12.1 Å². The summed E-state index contributed by atoms with van der Waals surface area (Å²) in [5, 5.41) is 0. The zero-order valence-corrected chi connectivity index (χ0v) is 11.9. The number of hydrogen-bond donors (Lipinski definition) is 0. The maximum absolute atomic E-state index is 13.1. The van der Waals surface area contributed by atoms with Crippen molar-refractivity contribution in [3.63, 3.8) is 0 Å². The highest BCUT2D eigenvalue weighted by Crippen LogP contribution is 2.34. The van der Waals surface area contributed by atoms with Crippen LogP contribution in [0.4, 0.5) is 4.39 Å². The van der Waals surface area contributed by atoms with Gasteiger partial charge in [-0.05, 0) is 41.2 Å². The van der Waals surface area contributed by atoms with Crippen LogP contribution in [-0.2, 0) is 6.42 Å². The number of halogens is 1. The van der Waals surface area contributed by atoms with Gasteiger partial charge in [0.25, 0.3) is 0 Å². The molecule has 2 aromatic carbocycles. The van der Waals surface area contributed by atoms with E-state index in [0.29, 0.717) is 11.8 Å². The van der Waals surface area contributed by atoms with E-state index >= 15 is 0 Å². The Morgan fingerprint density at radius 2 is 1.58 bits per heavy atom. The maximum atomic E-state index is 13.1. The van der Waals surface area contributed by atoms with Crippen molar-refractivity contribution >= 4 is 0 Å². The zero-order valence-electron chi connectivity index (χ0n) is 11.9. The maximum Gasteiger partial charge on any atom is 0.123 e. The topological polar surface area (TPSA) is 0 Å². The average molecular weight is 256 g/mol. The molecule has 2 aromatic rings. The minimum absolute atomic E-state index is 0.171. The van der Waals surface area contributed by atoms with Gasteiger partial charge in [0.15, 0.2) is 0 Å². The summed E-state index contributed by atoms with van der Waals surface area (Å²) in [4.78, 5) is 0. The van der Waals surface area contributed by atoms with Crippen molar-refractivity contribution in [3.05, 3.63) is 71.0 Å². The van der Waals surface area contributed by atoms with Crippen LogP contribution in [0, 0.1) is 11.7 Å². The molecule has 1 atom stereocenters. The number of rotatable bonds is 4. The van der Waals surface area contributed by atoms with Crippen LogP contribution in [0.25, 0.3) is 0 Å². The van der Waals surface area contributed by atoms with Crippen LogP contribution in [0.2, 0.25) is 0 Å². The van der Waals surface area contributed by atoms with Gasteiger partial charge in [0, 0.05) is 5.92 Å². The Morgan fingerprint density at radius 3 is 2.16 bits per heavy atom. The highest BCUT2D eigenvalue weighted by atomic mass is 19.1. The summed E-state index contributed by atoms with van der Waals surface area (Å²) in [5.41, 5.74) is 3.94. The molecule has 0 saturated carbocycles. The predicted octanol–water partition coefficient (Wildman–Crippen LogP) is 5.18. The zero-order chi connectivity index (χ0) is 13.8. The summed E-state index contributed by atoms with van der Waals surface area (Å²) < 4.78 is 13.1. The van der Waals surface area contributed by atoms with Gasteiger partial charge in [-0.1, -0.05) is 57.2 Å². The molecule has 2 rings (SSSR count). The Bertz CT molecular complexity index is 526. The van der Waals surface area contributed by atoms with Crippen LogP contribution in [0.1, 0.15) is 43.4 Å². The molecule has 0 aromatic heterocycles. The van der Waals surface area contributed by atoms with Crippen molar-refractivity contribution in [1.82, 2.24) is 0 Å². The Labute approximate surface area is 115 Å². The van der Waals surface area contributed by atoms with Gasteiger partial charge in [0.05, 0.1) is 0 Å². The molecular weight excluding hydrogens is 235 g/mol. The lowest BCUT2D eigenvalue weighted by atomic mass is 9.80. The Hall–Kier alpha value is -1.63. The summed E-state index contributed by atoms with van der Waals surface area (Å²) in [6.45, 7) is 6.63. The monoisotopic (exact) mass is 256 g/mol. The molecule has 0 N–H and O–H groups in total. The molecule has 19 heavy (non-hydrogen) atoms. The van der Waals surface area contributed by atoms with E-state index in [-0.39, 0.29) is 5.82 Å². The summed E-state index contributed by atoms with van der Waals surface area (Å²) in [5.74, 6) is 0.643. The molecule has 0 fully saturated rings. The van der Waals surface area contributed by atoms with Crippen LogP contribution < -0.4 is 0 Å². The van der Waals surface area contributed by atoms with E-state index in [4.69, 9.17) is 0 Å². The first-order valence-electron chi connectivity index (χ1n) is 6.96. The summed E-state index contributed by atoms with van der Waals surface area (Å²) in [6.07, 6.45) is 1.03. The molecule has 0 aliphatic carbocycles. The third kappa shape index (κ3) is 3.04. The lowest BCUT2D eigenvalue weighted by Crippen LogP contribution is -2.11. The minimum Gasteiger partial charge on any atom is -0.207 e. The van der Waals surface area contributed by atoms with Crippen molar-refractivity contribution in [3.8, 4) is 0 Å². The van der Waals surface area contributed by atoms with E-state index < -0.39 is 0 Å². The Balaban J connectivity index is 2.48. The van der Waals surface area contributed by atoms with Crippen LogP contribution in [0.15, 0.2) is 48.5 Å². The van der Waals surface area contributed by atoms with Crippen molar-refractivity contribution in [2.45, 2.75) is 33.1 Å². The fourth-order valence-electron chi connectivity index (χ4n) is 2.75. The van der Waals surface area contributed by atoms with Crippen LogP contribution in [0.3, 0.4) is 0 Å². The highest BCUT2D eigenvalue weighted by Gasteiger charge is 2.20. The molecular formula is C18H21F. The van der Waals surface area contributed by atoms with E-state index in [1.54, 1.807) is 12.1 Å². The molecule has 100 valence electrons. The standard InChI is InChI=1S/C18H21F/c1-4-14-7-5-6-8-17(14)18(13(2)3)15-9-11-16(19)12-10-15/h5-13,18H,4H2,1-3H3. The third-order valence-corrected chi connectivity index (χ3v) is 3.67. The molecule has 0 radical (unpaired) electrons. The van der Waals surface area contributed by atoms with E-state index in [9.17, 15) is 4.39 Å². The number of benzene rings is 2. The van der Waals surface area contributed by atoms with Crippen LogP contribution in [0.5, 0.6) is 0 Å². The summed E-state index contributed by atoms with van der Waals surface area (Å²) in [6, 6.07) is 15.5. The molecule has 0 aliphatic rings.